The standard InChI is InChI=1S/C25H22F3N3O/c26-25(27,28)19-10-12-20(13-11-19)29-24(32)31-14-21-23(22(15-31)30-21)18-8-6-17(7-9-18)16-4-2-1-3-5-16/h1-13,21-23,30H,14-15H2,(H,29,32)/t21-,22+,23?. The molecule has 3 aliphatic rings. The van der Waals surface area contributed by atoms with Crippen molar-refractivity contribution in [3.8, 4) is 11.1 Å². The molecule has 3 saturated heterocycles. The quantitative estimate of drug-likeness (QED) is 0.581. The molecule has 164 valence electrons. The monoisotopic (exact) mass is 437 g/mol. The predicted octanol–water partition coefficient (Wildman–Crippen LogP) is 5.34. The normalized spacial score (nSPS) is 22.2. The maximum Gasteiger partial charge on any atom is 0.416 e. The number of alkyl halides is 3. The van der Waals surface area contributed by atoms with Crippen molar-refractivity contribution in [2.75, 3.05) is 18.4 Å². The van der Waals surface area contributed by atoms with E-state index in [-0.39, 0.29) is 18.1 Å². The van der Waals surface area contributed by atoms with Gasteiger partial charge in [0.05, 0.1) is 5.56 Å². The van der Waals surface area contributed by atoms with Gasteiger partial charge in [-0.15, -0.1) is 0 Å². The number of piperidine rings is 1. The van der Waals surface area contributed by atoms with E-state index < -0.39 is 11.7 Å². The third-order valence-electron chi connectivity index (χ3n) is 6.28. The number of hydrogen-bond donors (Lipinski definition) is 2. The number of carbonyl (C=O) groups excluding carboxylic acids is 1. The minimum Gasteiger partial charge on any atom is -0.321 e. The minimum atomic E-state index is -4.39. The molecule has 6 rings (SSSR count). The molecule has 3 atom stereocenters. The Bertz CT molecular complexity index is 1090. The van der Waals surface area contributed by atoms with Crippen molar-refractivity contribution >= 4 is 11.7 Å². The number of nitrogens with one attached hydrogen (secondary N) is 2. The Morgan fingerprint density at radius 2 is 1.44 bits per heavy atom. The molecule has 0 aliphatic carbocycles. The van der Waals surface area contributed by atoms with Gasteiger partial charge in [-0.05, 0) is 41.0 Å². The van der Waals surface area contributed by atoms with Crippen molar-refractivity contribution in [3.05, 3.63) is 90.0 Å². The average molecular weight is 437 g/mol. The zero-order valence-corrected chi connectivity index (χ0v) is 17.1. The van der Waals surface area contributed by atoms with Gasteiger partial charge in [-0.3, -0.25) is 0 Å². The lowest BCUT2D eigenvalue weighted by molar-refractivity contribution is -0.137. The first-order chi connectivity index (χ1) is 15.4. The lowest BCUT2D eigenvalue weighted by Gasteiger charge is -2.54. The Hall–Kier alpha value is -3.32. The molecule has 0 aromatic heterocycles. The number of hydrogen-bond acceptors (Lipinski definition) is 2. The number of rotatable bonds is 3. The Morgan fingerprint density at radius 1 is 0.844 bits per heavy atom. The van der Waals surface area contributed by atoms with E-state index in [1.807, 2.05) is 18.2 Å². The van der Waals surface area contributed by atoms with Crippen LogP contribution >= 0.6 is 0 Å². The van der Waals surface area contributed by atoms with E-state index in [1.54, 1.807) is 4.90 Å². The summed E-state index contributed by atoms with van der Waals surface area (Å²) < 4.78 is 38.1. The fraction of sp³-hybridized carbons (Fsp3) is 0.240. The number of fused-ring (bicyclic) bond motifs is 2. The summed E-state index contributed by atoms with van der Waals surface area (Å²) in [6.45, 7) is 1.10. The summed E-state index contributed by atoms with van der Waals surface area (Å²) in [4.78, 5) is 14.3. The largest absolute Gasteiger partial charge is 0.416 e. The van der Waals surface area contributed by atoms with E-state index >= 15 is 0 Å². The van der Waals surface area contributed by atoms with E-state index in [0.29, 0.717) is 24.7 Å². The Morgan fingerprint density at radius 3 is 2.03 bits per heavy atom. The third-order valence-corrected chi connectivity index (χ3v) is 6.28. The van der Waals surface area contributed by atoms with Crippen LogP contribution in [0.4, 0.5) is 23.7 Å². The van der Waals surface area contributed by atoms with Crippen molar-refractivity contribution in [1.82, 2.24) is 10.2 Å². The van der Waals surface area contributed by atoms with E-state index in [1.165, 1.54) is 28.8 Å². The van der Waals surface area contributed by atoms with Gasteiger partial charge >= 0.3 is 12.2 Å². The molecule has 0 saturated carbocycles. The topological polar surface area (TPSA) is 44.4 Å². The molecule has 32 heavy (non-hydrogen) atoms. The number of anilines is 1. The second-order valence-electron chi connectivity index (χ2n) is 8.30. The first kappa shape index (κ1) is 20.6. The fourth-order valence-electron chi connectivity index (χ4n) is 4.63. The molecule has 2 N–H and O–H groups in total. The van der Waals surface area contributed by atoms with Crippen molar-refractivity contribution in [1.29, 1.82) is 0 Å². The Balaban J connectivity index is 1.20. The van der Waals surface area contributed by atoms with Gasteiger partial charge in [0, 0.05) is 36.8 Å². The smallest absolute Gasteiger partial charge is 0.321 e. The molecule has 0 radical (unpaired) electrons. The minimum absolute atomic E-state index is 0.162. The molecule has 3 fully saturated rings. The molecule has 0 spiro atoms. The highest BCUT2D eigenvalue weighted by atomic mass is 19.4. The lowest BCUT2D eigenvalue weighted by Crippen LogP contribution is -2.72. The van der Waals surface area contributed by atoms with Gasteiger partial charge in [-0.2, -0.15) is 13.2 Å². The van der Waals surface area contributed by atoms with Crippen molar-refractivity contribution in [2.45, 2.75) is 24.2 Å². The van der Waals surface area contributed by atoms with Crippen LogP contribution in [0.3, 0.4) is 0 Å². The number of nitrogens with zero attached hydrogens (tertiary/aromatic N) is 1. The summed E-state index contributed by atoms with van der Waals surface area (Å²) >= 11 is 0. The molecular formula is C25H22F3N3O. The van der Waals surface area contributed by atoms with Crippen LogP contribution in [0.25, 0.3) is 11.1 Å². The fourth-order valence-corrected chi connectivity index (χ4v) is 4.63. The van der Waals surface area contributed by atoms with Crippen LogP contribution in [0.2, 0.25) is 0 Å². The van der Waals surface area contributed by atoms with E-state index in [0.717, 1.165) is 12.1 Å². The molecule has 1 unspecified atom stereocenters. The van der Waals surface area contributed by atoms with Crippen molar-refractivity contribution < 1.29 is 18.0 Å². The number of carbonyl (C=O) groups is 1. The molecular weight excluding hydrogens is 415 g/mol. The number of benzene rings is 3. The number of amides is 2. The SMILES string of the molecule is O=C(Nc1ccc(C(F)(F)F)cc1)N1C[C@@H]2N[C@H](C1)C2c1ccc(-c2ccccc2)cc1. The van der Waals surface area contributed by atoms with Gasteiger partial charge in [-0.1, -0.05) is 54.6 Å². The Kier molecular flexibility index (Phi) is 5.13. The third kappa shape index (κ3) is 3.96. The highest BCUT2D eigenvalue weighted by Gasteiger charge is 2.48. The van der Waals surface area contributed by atoms with E-state index in [9.17, 15) is 18.0 Å². The van der Waals surface area contributed by atoms with Gasteiger partial charge < -0.3 is 15.5 Å². The van der Waals surface area contributed by atoms with Gasteiger partial charge in [0.25, 0.3) is 0 Å². The number of piperazine rings is 1. The maximum absolute atomic E-state index is 12.7. The second kappa shape index (κ2) is 7.98. The van der Waals surface area contributed by atoms with Gasteiger partial charge in [-0.25, -0.2) is 4.79 Å². The van der Waals surface area contributed by atoms with E-state index in [2.05, 4.69) is 47.0 Å². The van der Waals surface area contributed by atoms with E-state index in [4.69, 9.17) is 0 Å². The molecule has 2 bridgehead atoms. The van der Waals surface area contributed by atoms with Crippen LogP contribution in [0, 0.1) is 0 Å². The van der Waals surface area contributed by atoms with Crippen LogP contribution in [0.1, 0.15) is 17.0 Å². The number of urea groups is 1. The van der Waals surface area contributed by atoms with Crippen LogP contribution in [-0.4, -0.2) is 36.1 Å². The number of halogens is 3. The highest BCUT2D eigenvalue weighted by Crippen LogP contribution is 2.38. The second-order valence-corrected chi connectivity index (χ2v) is 8.30. The lowest BCUT2D eigenvalue weighted by atomic mass is 9.74. The summed E-state index contributed by atoms with van der Waals surface area (Å²) in [6, 6.07) is 23.3. The van der Waals surface area contributed by atoms with Crippen LogP contribution in [-0.2, 0) is 6.18 Å². The molecule has 3 aliphatic heterocycles. The summed E-state index contributed by atoms with van der Waals surface area (Å²) in [5.41, 5.74) is 3.21. The van der Waals surface area contributed by atoms with Gasteiger partial charge in [0.2, 0.25) is 0 Å². The zero-order chi connectivity index (χ0) is 22.3. The van der Waals surface area contributed by atoms with Crippen LogP contribution in [0.15, 0.2) is 78.9 Å². The average Bonchev–Trinajstić information content (AvgIpc) is 2.80. The molecule has 2 amide bonds. The van der Waals surface area contributed by atoms with Gasteiger partial charge in [0.15, 0.2) is 0 Å². The first-order valence-electron chi connectivity index (χ1n) is 10.5. The summed E-state index contributed by atoms with van der Waals surface area (Å²) in [5.74, 6) is 0.343. The van der Waals surface area contributed by atoms with Crippen molar-refractivity contribution in [2.24, 2.45) is 0 Å². The zero-order valence-electron chi connectivity index (χ0n) is 17.1. The maximum atomic E-state index is 12.7. The molecule has 7 heteroatoms. The van der Waals surface area contributed by atoms with Crippen molar-refractivity contribution in [3.63, 3.8) is 0 Å². The first-order valence-corrected chi connectivity index (χ1v) is 10.5. The van der Waals surface area contributed by atoms with Crippen LogP contribution in [0.5, 0.6) is 0 Å². The highest BCUT2D eigenvalue weighted by molar-refractivity contribution is 5.89. The summed E-state index contributed by atoms with van der Waals surface area (Å²) in [7, 11) is 0. The van der Waals surface area contributed by atoms with Gasteiger partial charge in [0.1, 0.15) is 0 Å². The summed E-state index contributed by atoms with van der Waals surface area (Å²) in [6.07, 6.45) is -4.39. The molecule has 3 aromatic carbocycles. The summed E-state index contributed by atoms with van der Waals surface area (Å²) in [5, 5.41) is 6.20. The molecule has 3 heterocycles. The molecule has 4 nitrogen and oxygen atoms in total. The predicted molar refractivity (Wildman–Crippen MR) is 117 cm³/mol. The molecule has 3 aromatic rings. The van der Waals surface area contributed by atoms with Crippen LogP contribution < -0.4 is 10.6 Å². The Labute approximate surface area is 184 Å².